The zero-order valence-electron chi connectivity index (χ0n) is 16.1. The Labute approximate surface area is 183 Å². The van der Waals surface area contributed by atoms with Gasteiger partial charge >= 0.3 is 0 Å². The van der Waals surface area contributed by atoms with Crippen LogP contribution in [0.1, 0.15) is 11.4 Å². The second-order valence-electron chi connectivity index (χ2n) is 6.59. The number of hydrogen-bond donors (Lipinski definition) is 3. The molecule has 2 aromatic heterocycles. The third-order valence-corrected chi connectivity index (χ3v) is 7.09. The van der Waals surface area contributed by atoms with Gasteiger partial charge in [0.25, 0.3) is 10.0 Å². The van der Waals surface area contributed by atoms with Crippen molar-refractivity contribution in [1.82, 2.24) is 15.2 Å². The van der Waals surface area contributed by atoms with Crippen molar-refractivity contribution in [2.24, 2.45) is 0 Å². The first-order valence-corrected chi connectivity index (χ1v) is 11.7. The molecule has 0 aliphatic carbocycles. The molecule has 0 radical (unpaired) electrons. The average Bonchev–Trinajstić information content (AvgIpc) is 3.30. The largest absolute Gasteiger partial charge is 0.330 e. The van der Waals surface area contributed by atoms with E-state index in [9.17, 15) is 8.42 Å². The molecule has 0 fully saturated rings. The lowest BCUT2D eigenvalue weighted by atomic mass is 10.1. The Morgan fingerprint density at radius 1 is 1.10 bits per heavy atom. The van der Waals surface area contributed by atoms with Crippen molar-refractivity contribution in [3.8, 4) is 11.3 Å². The van der Waals surface area contributed by atoms with Gasteiger partial charge < -0.3 is 5.32 Å². The molecule has 154 valence electrons. The molecule has 0 unspecified atom stereocenters. The summed E-state index contributed by atoms with van der Waals surface area (Å²) in [6, 6.07) is 14.5. The highest BCUT2D eigenvalue weighted by Crippen LogP contribution is 2.31. The summed E-state index contributed by atoms with van der Waals surface area (Å²) < 4.78 is 28.2. The van der Waals surface area contributed by atoms with E-state index < -0.39 is 10.0 Å². The van der Waals surface area contributed by atoms with Crippen LogP contribution in [-0.4, -0.2) is 23.6 Å². The number of anilines is 3. The number of aromatic amines is 1. The standard InChI is InChI=1S/C20H18ClN5O2S2/c1-12-19(13(2)25-24-12)30(27,28)26-15-7-5-6-14(10-15)18-11-29-20(23-18)22-17-9-4-3-8-16(17)21/h3-11,26H,1-2H3,(H,22,23)(H,24,25). The van der Waals surface area contributed by atoms with E-state index in [2.05, 4.69) is 25.2 Å². The van der Waals surface area contributed by atoms with Gasteiger partial charge in [0.05, 0.1) is 27.8 Å². The number of para-hydroxylation sites is 1. The summed E-state index contributed by atoms with van der Waals surface area (Å²) in [7, 11) is -3.76. The van der Waals surface area contributed by atoms with Crippen molar-refractivity contribution in [2.45, 2.75) is 18.7 Å². The van der Waals surface area contributed by atoms with E-state index in [1.165, 1.54) is 11.3 Å². The summed E-state index contributed by atoms with van der Waals surface area (Å²) in [4.78, 5) is 4.75. The molecule has 0 saturated carbocycles. The Morgan fingerprint density at radius 2 is 1.90 bits per heavy atom. The molecule has 0 bridgehead atoms. The molecule has 4 aromatic rings. The van der Waals surface area contributed by atoms with Crippen LogP contribution in [0, 0.1) is 13.8 Å². The molecule has 0 atom stereocenters. The van der Waals surface area contributed by atoms with E-state index >= 15 is 0 Å². The first-order valence-electron chi connectivity index (χ1n) is 8.95. The second-order valence-corrected chi connectivity index (χ2v) is 9.48. The number of aromatic nitrogens is 3. The van der Waals surface area contributed by atoms with Gasteiger partial charge in [0.2, 0.25) is 0 Å². The van der Waals surface area contributed by atoms with Crippen molar-refractivity contribution in [3.63, 3.8) is 0 Å². The molecule has 0 amide bonds. The monoisotopic (exact) mass is 459 g/mol. The molecule has 7 nitrogen and oxygen atoms in total. The van der Waals surface area contributed by atoms with Crippen LogP contribution in [0.5, 0.6) is 0 Å². The van der Waals surface area contributed by atoms with E-state index in [4.69, 9.17) is 11.6 Å². The number of aryl methyl sites for hydroxylation is 2. The fourth-order valence-corrected chi connectivity index (χ4v) is 5.36. The van der Waals surface area contributed by atoms with E-state index in [1.54, 1.807) is 38.1 Å². The molecule has 4 rings (SSSR count). The maximum Gasteiger partial charge on any atom is 0.265 e. The highest BCUT2D eigenvalue weighted by Gasteiger charge is 2.22. The average molecular weight is 460 g/mol. The summed E-state index contributed by atoms with van der Waals surface area (Å²) in [5.74, 6) is 0. The second kappa shape index (κ2) is 8.10. The minimum Gasteiger partial charge on any atom is -0.330 e. The van der Waals surface area contributed by atoms with Crippen LogP contribution in [0.15, 0.2) is 58.8 Å². The molecule has 3 N–H and O–H groups in total. The highest BCUT2D eigenvalue weighted by molar-refractivity contribution is 7.92. The molecule has 2 aromatic carbocycles. The summed E-state index contributed by atoms with van der Waals surface area (Å²) in [5.41, 5.74) is 3.65. The van der Waals surface area contributed by atoms with Crippen LogP contribution in [0.2, 0.25) is 5.02 Å². The number of nitrogens with one attached hydrogen (secondary N) is 3. The van der Waals surface area contributed by atoms with Gasteiger partial charge in [0.15, 0.2) is 5.13 Å². The van der Waals surface area contributed by atoms with E-state index in [-0.39, 0.29) is 4.90 Å². The lowest BCUT2D eigenvalue weighted by molar-refractivity contribution is 0.600. The van der Waals surface area contributed by atoms with Gasteiger partial charge in [-0.2, -0.15) is 5.10 Å². The fourth-order valence-electron chi connectivity index (χ4n) is 3.03. The number of H-pyrrole nitrogens is 1. The Kier molecular flexibility index (Phi) is 5.50. The quantitative estimate of drug-likeness (QED) is 0.361. The molecule has 0 aliphatic heterocycles. The zero-order valence-corrected chi connectivity index (χ0v) is 18.5. The first kappa shape index (κ1) is 20.4. The summed E-state index contributed by atoms with van der Waals surface area (Å²) in [6.45, 7) is 3.32. The van der Waals surface area contributed by atoms with Crippen molar-refractivity contribution in [2.75, 3.05) is 10.0 Å². The van der Waals surface area contributed by atoms with Crippen LogP contribution in [0.4, 0.5) is 16.5 Å². The van der Waals surface area contributed by atoms with Crippen molar-refractivity contribution in [3.05, 3.63) is 70.3 Å². The SMILES string of the molecule is Cc1n[nH]c(C)c1S(=O)(=O)Nc1cccc(-c2csc(Nc3ccccc3Cl)n2)c1. The van der Waals surface area contributed by atoms with E-state index in [0.717, 1.165) is 16.9 Å². The van der Waals surface area contributed by atoms with Crippen LogP contribution in [-0.2, 0) is 10.0 Å². The van der Waals surface area contributed by atoms with Crippen molar-refractivity contribution >= 4 is 49.5 Å². The normalized spacial score (nSPS) is 11.4. The third-order valence-electron chi connectivity index (χ3n) is 4.36. The van der Waals surface area contributed by atoms with E-state index in [1.807, 2.05) is 29.6 Å². The van der Waals surface area contributed by atoms with Gasteiger partial charge in [0.1, 0.15) is 4.90 Å². The molecular weight excluding hydrogens is 442 g/mol. The summed E-state index contributed by atoms with van der Waals surface area (Å²) in [5, 5.41) is 13.1. The number of benzene rings is 2. The topological polar surface area (TPSA) is 99.8 Å². The molecular formula is C20H18ClN5O2S2. The number of halogens is 1. The van der Waals surface area contributed by atoms with Gasteiger partial charge in [-0.25, -0.2) is 13.4 Å². The van der Waals surface area contributed by atoms with Gasteiger partial charge in [0, 0.05) is 16.6 Å². The first-order chi connectivity index (χ1) is 14.3. The van der Waals surface area contributed by atoms with Crippen LogP contribution in [0.3, 0.4) is 0 Å². The van der Waals surface area contributed by atoms with Gasteiger partial charge in [-0.05, 0) is 38.1 Å². The minimum absolute atomic E-state index is 0.160. The molecule has 0 saturated heterocycles. The summed E-state index contributed by atoms with van der Waals surface area (Å²) in [6.07, 6.45) is 0. The Bertz CT molecular complexity index is 1290. The Hall–Kier alpha value is -2.88. The van der Waals surface area contributed by atoms with Crippen LogP contribution >= 0.6 is 22.9 Å². The van der Waals surface area contributed by atoms with E-state index in [0.29, 0.717) is 27.2 Å². The number of hydrogen-bond acceptors (Lipinski definition) is 6. The summed E-state index contributed by atoms with van der Waals surface area (Å²) >= 11 is 7.62. The minimum atomic E-state index is -3.76. The lowest BCUT2D eigenvalue weighted by Gasteiger charge is -2.09. The zero-order chi connectivity index (χ0) is 21.3. The number of nitrogens with zero attached hydrogens (tertiary/aromatic N) is 2. The Balaban J connectivity index is 1.57. The predicted octanol–water partition coefficient (Wildman–Crippen LogP) is 5.35. The molecule has 2 heterocycles. The van der Waals surface area contributed by atoms with Gasteiger partial charge in [-0.3, -0.25) is 9.82 Å². The maximum absolute atomic E-state index is 12.8. The number of thiazole rings is 1. The highest BCUT2D eigenvalue weighted by atomic mass is 35.5. The Morgan fingerprint density at radius 3 is 2.63 bits per heavy atom. The third kappa shape index (κ3) is 4.18. The lowest BCUT2D eigenvalue weighted by Crippen LogP contribution is -2.14. The molecule has 10 heteroatoms. The maximum atomic E-state index is 12.8. The molecule has 30 heavy (non-hydrogen) atoms. The van der Waals surface area contributed by atoms with Gasteiger partial charge in [-0.1, -0.05) is 35.9 Å². The number of rotatable bonds is 6. The smallest absolute Gasteiger partial charge is 0.265 e. The molecule has 0 aliphatic rings. The van der Waals surface area contributed by atoms with Crippen LogP contribution < -0.4 is 10.0 Å². The molecule has 0 spiro atoms. The fraction of sp³-hybridized carbons (Fsp3) is 0.100. The van der Waals surface area contributed by atoms with Gasteiger partial charge in [-0.15, -0.1) is 11.3 Å². The van der Waals surface area contributed by atoms with Crippen LogP contribution in [0.25, 0.3) is 11.3 Å². The van der Waals surface area contributed by atoms with Crippen molar-refractivity contribution < 1.29 is 8.42 Å². The van der Waals surface area contributed by atoms with Crippen molar-refractivity contribution in [1.29, 1.82) is 0 Å². The predicted molar refractivity (Wildman–Crippen MR) is 121 cm³/mol. The number of sulfonamides is 1.